The molecule has 170 valence electrons. The Morgan fingerprint density at radius 2 is 1.66 bits per heavy atom. The molecule has 4 rings (SSSR count). The number of piperidine rings is 1. The highest BCUT2D eigenvalue weighted by Gasteiger charge is 2.29. The Morgan fingerprint density at radius 3 is 2.31 bits per heavy atom. The highest BCUT2D eigenvalue weighted by Crippen LogP contribution is 2.26. The van der Waals surface area contributed by atoms with Crippen molar-refractivity contribution < 1.29 is 12.8 Å². The molecule has 1 aromatic heterocycles. The lowest BCUT2D eigenvalue weighted by Crippen LogP contribution is -2.41. The molecule has 1 saturated heterocycles. The number of sulfonamides is 1. The highest BCUT2D eigenvalue weighted by atomic mass is 32.2. The summed E-state index contributed by atoms with van der Waals surface area (Å²) >= 11 is 0. The second-order valence-electron chi connectivity index (χ2n) is 7.40. The van der Waals surface area contributed by atoms with Crippen LogP contribution in [0.5, 0.6) is 0 Å². The van der Waals surface area contributed by atoms with E-state index in [4.69, 9.17) is 5.73 Å². The van der Waals surface area contributed by atoms with E-state index in [1.54, 1.807) is 48.7 Å². The number of rotatable bonds is 5. The Labute approximate surface area is 187 Å². The van der Waals surface area contributed by atoms with Gasteiger partial charge in [-0.2, -0.15) is 4.31 Å². The van der Waals surface area contributed by atoms with E-state index >= 15 is 0 Å². The number of hydrogen-bond donors (Lipinski definition) is 3. The minimum atomic E-state index is -3.56. The van der Waals surface area contributed by atoms with Gasteiger partial charge in [-0.05, 0) is 79.9 Å². The van der Waals surface area contributed by atoms with Crippen LogP contribution in [-0.2, 0) is 10.0 Å². The molecule has 3 aromatic rings. The molecule has 8 nitrogen and oxygen atoms in total. The van der Waals surface area contributed by atoms with Crippen LogP contribution in [0.4, 0.5) is 4.39 Å². The molecule has 2 heterocycles. The first-order chi connectivity index (χ1) is 15.5. The fraction of sp³-hybridized carbons (Fsp3) is 0.273. The topological polar surface area (TPSA) is 141 Å². The SMILES string of the molecule is NCC1CCCN(S(=O)(=O)c2ccc(-c3nccc(-c4ccc(F)cc4)n3)cc2)C1.NN. The molecule has 6 N–H and O–H groups in total. The fourth-order valence-corrected chi connectivity index (χ4v) is 5.20. The van der Waals surface area contributed by atoms with Gasteiger partial charge < -0.3 is 5.73 Å². The van der Waals surface area contributed by atoms with Crippen LogP contribution in [0.15, 0.2) is 65.7 Å². The van der Waals surface area contributed by atoms with Gasteiger partial charge in [-0.1, -0.05) is 0 Å². The minimum absolute atomic E-state index is 0.204. The molecule has 0 radical (unpaired) electrons. The normalized spacial score (nSPS) is 16.8. The Morgan fingerprint density at radius 1 is 1.00 bits per heavy atom. The number of halogens is 1. The van der Waals surface area contributed by atoms with Gasteiger partial charge >= 0.3 is 0 Å². The predicted molar refractivity (Wildman–Crippen MR) is 122 cm³/mol. The van der Waals surface area contributed by atoms with Crippen LogP contribution in [0.25, 0.3) is 22.6 Å². The van der Waals surface area contributed by atoms with Crippen molar-refractivity contribution in [1.82, 2.24) is 14.3 Å². The molecule has 0 bridgehead atoms. The Hall–Kier alpha value is -2.76. The maximum Gasteiger partial charge on any atom is 0.243 e. The third-order valence-corrected chi connectivity index (χ3v) is 7.24. The van der Waals surface area contributed by atoms with Gasteiger partial charge in [0.1, 0.15) is 5.82 Å². The van der Waals surface area contributed by atoms with E-state index in [2.05, 4.69) is 21.7 Å². The number of hydrogen-bond acceptors (Lipinski definition) is 7. The van der Waals surface area contributed by atoms with E-state index in [-0.39, 0.29) is 16.6 Å². The standard InChI is InChI=1S/C22H23FN4O2S.H4N2/c23-19-7-3-17(4-8-19)21-11-12-25-22(26-21)18-5-9-20(10-6-18)30(28,29)27-13-1-2-16(14-24)15-27;1-2/h3-12,16H,1-2,13-15,24H2;1-2H2. The summed E-state index contributed by atoms with van der Waals surface area (Å²) in [6.45, 7) is 1.47. The molecule has 1 fully saturated rings. The maximum atomic E-state index is 13.2. The summed E-state index contributed by atoms with van der Waals surface area (Å²) in [6, 6.07) is 14.4. The Bertz CT molecular complexity index is 1120. The molecule has 0 saturated carbocycles. The van der Waals surface area contributed by atoms with Gasteiger partial charge in [-0.15, -0.1) is 0 Å². The van der Waals surface area contributed by atoms with Crippen molar-refractivity contribution in [2.24, 2.45) is 23.3 Å². The average molecular weight is 459 g/mol. The first-order valence-electron chi connectivity index (χ1n) is 10.2. The molecule has 0 spiro atoms. The van der Waals surface area contributed by atoms with Crippen molar-refractivity contribution in [3.8, 4) is 22.6 Å². The van der Waals surface area contributed by atoms with Crippen LogP contribution in [0.1, 0.15) is 12.8 Å². The van der Waals surface area contributed by atoms with Crippen LogP contribution >= 0.6 is 0 Å². The molecule has 2 aromatic carbocycles. The van der Waals surface area contributed by atoms with E-state index in [0.29, 0.717) is 36.7 Å². The van der Waals surface area contributed by atoms with Gasteiger partial charge in [-0.3, -0.25) is 11.7 Å². The quantitative estimate of drug-likeness (QED) is 0.393. The van der Waals surface area contributed by atoms with E-state index in [1.807, 2.05) is 0 Å². The molecule has 0 aliphatic carbocycles. The third-order valence-electron chi connectivity index (χ3n) is 5.36. The summed E-state index contributed by atoms with van der Waals surface area (Å²) in [5.74, 6) is 8.37. The maximum absolute atomic E-state index is 13.2. The van der Waals surface area contributed by atoms with Gasteiger partial charge in [-0.25, -0.2) is 22.8 Å². The van der Waals surface area contributed by atoms with Crippen LogP contribution < -0.4 is 17.4 Å². The number of nitrogens with zero attached hydrogens (tertiary/aromatic N) is 3. The average Bonchev–Trinajstić information content (AvgIpc) is 2.86. The molecule has 1 aliphatic rings. The van der Waals surface area contributed by atoms with Gasteiger partial charge in [0.15, 0.2) is 5.82 Å². The Balaban J connectivity index is 0.00000141. The highest BCUT2D eigenvalue weighted by molar-refractivity contribution is 7.89. The molecular weight excluding hydrogens is 431 g/mol. The monoisotopic (exact) mass is 458 g/mol. The molecule has 10 heteroatoms. The van der Waals surface area contributed by atoms with E-state index < -0.39 is 10.0 Å². The minimum Gasteiger partial charge on any atom is -0.330 e. The first-order valence-corrected chi connectivity index (χ1v) is 11.6. The smallest absolute Gasteiger partial charge is 0.243 e. The summed E-state index contributed by atoms with van der Waals surface area (Å²) in [6.07, 6.45) is 3.42. The number of hydrazine groups is 1. The number of nitrogens with two attached hydrogens (primary N) is 3. The third kappa shape index (κ3) is 5.34. The van der Waals surface area contributed by atoms with Gasteiger partial charge in [0.05, 0.1) is 10.6 Å². The molecule has 0 amide bonds. The van der Waals surface area contributed by atoms with E-state index in [9.17, 15) is 12.8 Å². The van der Waals surface area contributed by atoms with Gasteiger partial charge in [0.2, 0.25) is 10.0 Å². The largest absolute Gasteiger partial charge is 0.330 e. The summed E-state index contributed by atoms with van der Waals surface area (Å²) in [7, 11) is -3.56. The zero-order valence-corrected chi connectivity index (χ0v) is 18.4. The van der Waals surface area contributed by atoms with Crippen molar-refractivity contribution in [3.05, 3.63) is 66.6 Å². The van der Waals surface area contributed by atoms with Crippen LogP contribution in [0.2, 0.25) is 0 Å². The second-order valence-corrected chi connectivity index (χ2v) is 9.34. The van der Waals surface area contributed by atoms with Crippen molar-refractivity contribution in [2.45, 2.75) is 17.7 Å². The molecule has 32 heavy (non-hydrogen) atoms. The lowest BCUT2D eigenvalue weighted by molar-refractivity contribution is 0.271. The Kier molecular flexibility index (Phi) is 7.99. The van der Waals surface area contributed by atoms with Crippen LogP contribution in [0.3, 0.4) is 0 Å². The van der Waals surface area contributed by atoms with Crippen molar-refractivity contribution in [3.63, 3.8) is 0 Å². The lowest BCUT2D eigenvalue weighted by atomic mass is 10.0. The lowest BCUT2D eigenvalue weighted by Gasteiger charge is -2.31. The van der Waals surface area contributed by atoms with Crippen molar-refractivity contribution in [1.29, 1.82) is 0 Å². The number of benzene rings is 2. The summed E-state index contributed by atoms with van der Waals surface area (Å²) in [4.78, 5) is 9.08. The molecule has 1 atom stereocenters. The molecule has 1 aliphatic heterocycles. The molecule has 1 unspecified atom stereocenters. The van der Waals surface area contributed by atoms with E-state index in [1.165, 1.54) is 16.4 Å². The van der Waals surface area contributed by atoms with E-state index in [0.717, 1.165) is 18.4 Å². The fourth-order valence-electron chi connectivity index (χ4n) is 3.64. The summed E-state index contributed by atoms with van der Waals surface area (Å²) in [5, 5.41) is 0. The first kappa shape index (κ1) is 23.9. The predicted octanol–water partition coefficient (Wildman–Crippen LogP) is 2.13. The van der Waals surface area contributed by atoms with Crippen molar-refractivity contribution >= 4 is 10.0 Å². The zero-order valence-electron chi connectivity index (χ0n) is 17.6. The second kappa shape index (κ2) is 10.7. The summed E-state index contributed by atoms with van der Waals surface area (Å²) < 4.78 is 40.7. The molecular formula is C22H27FN6O2S. The zero-order chi connectivity index (χ0) is 23.1. The van der Waals surface area contributed by atoms with Gasteiger partial charge in [0.25, 0.3) is 0 Å². The number of aromatic nitrogens is 2. The van der Waals surface area contributed by atoms with Gasteiger partial charge in [0, 0.05) is 30.4 Å². The van der Waals surface area contributed by atoms with Crippen LogP contribution in [0, 0.1) is 11.7 Å². The summed E-state index contributed by atoms with van der Waals surface area (Å²) in [5.41, 5.74) is 7.89. The van der Waals surface area contributed by atoms with Crippen molar-refractivity contribution in [2.75, 3.05) is 19.6 Å². The van der Waals surface area contributed by atoms with Crippen LogP contribution in [-0.4, -0.2) is 42.3 Å².